The van der Waals surface area contributed by atoms with Crippen molar-refractivity contribution in [1.29, 1.82) is 0 Å². The lowest BCUT2D eigenvalue weighted by Gasteiger charge is -2.14. The van der Waals surface area contributed by atoms with Crippen molar-refractivity contribution in [2.24, 2.45) is 0 Å². The van der Waals surface area contributed by atoms with Gasteiger partial charge in [-0.05, 0) is 12.8 Å². The Balaban J connectivity index is 3.66. The summed E-state index contributed by atoms with van der Waals surface area (Å²) in [7, 11) is 0. The van der Waals surface area contributed by atoms with Gasteiger partial charge in [0.05, 0.1) is 0 Å². The molecule has 0 radical (unpaired) electrons. The van der Waals surface area contributed by atoms with Gasteiger partial charge in [0.2, 0.25) is 0 Å². The summed E-state index contributed by atoms with van der Waals surface area (Å²) >= 11 is 0. The van der Waals surface area contributed by atoms with Gasteiger partial charge in [-0.1, -0.05) is 6.92 Å². The Labute approximate surface area is 91.1 Å². The maximum absolute atomic E-state index is 12.4. The highest BCUT2D eigenvalue weighted by Crippen LogP contribution is 2.22. The van der Waals surface area contributed by atoms with Gasteiger partial charge in [0, 0.05) is 19.8 Å². The second kappa shape index (κ2) is 7.43. The summed E-state index contributed by atoms with van der Waals surface area (Å²) in [5, 5.41) is 1.73. The zero-order valence-electron chi connectivity index (χ0n) is 8.94. The molecular formula is C9H15F4NO2. The minimum absolute atomic E-state index is 0.106. The Kier molecular flexibility index (Phi) is 7.03. The normalized spacial score (nSPS) is 11.9. The van der Waals surface area contributed by atoms with Crippen LogP contribution in [-0.4, -0.2) is 38.0 Å². The number of hydrogen-bond donors (Lipinski definition) is 1. The van der Waals surface area contributed by atoms with Crippen molar-refractivity contribution in [1.82, 2.24) is 5.32 Å². The van der Waals surface area contributed by atoms with Crippen LogP contribution < -0.4 is 5.32 Å². The van der Waals surface area contributed by atoms with Crippen LogP contribution in [-0.2, 0) is 9.53 Å². The first-order chi connectivity index (χ1) is 7.42. The SMILES string of the molecule is CCCOCCCNC(=O)C(F)(F)C(F)F. The molecule has 1 amide bonds. The fourth-order valence-electron chi connectivity index (χ4n) is 0.839. The molecule has 0 saturated carbocycles. The average Bonchev–Trinajstić information content (AvgIpc) is 2.22. The summed E-state index contributed by atoms with van der Waals surface area (Å²) in [6.07, 6.45) is -2.84. The van der Waals surface area contributed by atoms with Gasteiger partial charge in [-0.15, -0.1) is 0 Å². The molecule has 0 heterocycles. The number of carbonyl (C=O) groups excluding carboxylic acids is 1. The number of halogens is 4. The topological polar surface area (TPSA) is 38.3 Å². The molecule has 0 spiro atoms. The zero-order chi connectivity index (χ0) is 12.6. The van der Waals surface area contributed by atoms with Crippen LogP contribution >= 0.6 is 0 Å². The van der Waals surface area contributed by atoms with E-state index in [1.54, 1.807) is 5.32 Å². The van der Waals surface area contributed by atoms with E-state index in [2.05, 4.69) is 0 Å². The van der Waals surface area contributed by atoms with Crippen molar-refractivity contribution in [3.8, 4) is 0 Å². The maximum atomic E-state index is 12.4. The first-order valence-corrected chi connectivity index (χ1v) is 4.95. The number of ether oxygens (including phenoxy) is 1. The van der Waals surface area contributed by atoms with Crippen LogP contribution in [0.2, 0.25) is 0 Å². The third-order valence-electron chi connectivity index (χ3n) is 1.68. The van der Waals surface area contributed by atoms with Crippen LogP contribution in [0.15, 0.2) is 0 Å². The molecule has 0 aromatic rings. The molecule has 3 nitrogen and oxygen atoms in total. The molecule has 0 aliphatic carbocycles. The molecule has 0 aromatic heterocycles. The Morgan fingerprint density at radius 1 is 1.38 bits per heavy atom. The first-order valence-electron chi connectivity index (χ1n) is 4.95. The molecule has 0 saturated heterocycles. The first kappa shape index (κ1) is 15.2. The highest BCUT2D eigenvalue weighted by molar-refractivity contribution is 5.83. The van der Waals surface area contributed by atoms with Crippen molar-refractivity contribution in [2.75, 3.05) is 19.8 Å². The Bertz CT molecular complexity index is 212. The average molecular weight is 245 g/mol. The second-order valence-corrected chi connectivity index (χ2v) is 3.15. The summed E-state index contributed by atoms with van der Waals surface area (Å²) in [5.74, 6) is -6.57. The van der Waals surface area contributed by atoms with E-state index in [1.165, 1.54) is 0 Å². The van der Waals surface area contributed by atoms with Crippen LogP contribution in [0.5, 0.6) is 0 Å². The van der Waals surface area contributed by atoms with Crippen molar-refractivity contribution >= 4 is 5.91 Å². The summed E-state index contributed by atoms with van der Waals surface area (Å²) in [6.45, 7) is 2.64. The summed E-state index contributed by atoms with van der Waals surface area (Å²) in [5.41, 5.74) is 0. The van der Waals surface area contributed by atoms with Crippen LogP contribution in [0.25, 0.3) is 0 Å². The molecule has 0 fully saturated rings. The molecule has 7 heteroatoms. The fourth-order valence-corrected chi connectivity index (χ4v) is 0.839. The van der Waals surface area contributed by atoms with Gasteiger partial charge in [-0.3, -0.25) is 4.79 Å². The Morgan fingerprint density at radius 3 is 2.50 bits per heavy atom. The largest absolute Gasteiger partial charge is 0.383 e. The van der Waals surface area contributed by atoms with Crippen LogP contribution in [0.3, 0.4) is 0 Å². The molecule has 0 atom stereocenters. The van der Waals surface area contributed by atoms with Crippen molar-refractivity contribution in [3.05, 3.63) is 0 Å². The van der Waals surface area contributed by atoms with Crippen LogP contribution in [0.4, 0.5) is 17.6 Å². The third kappa shape index (κ3) is 5.29. The van der Waals surface area contributed by atoms with Crippen molar-refractivity contribution in [2.45, 2.75) is 32.1 Å². The number of amides is 1. The molecule has 0 aliphatic rings. The molecule has 0 bridgehead atoms. The monoisotopic (exact) mass is 245 g/mol. The highest BCUT2D eigenvalue weighted by atomic mass is 19.3. The molecule has 0 aromatic carbocycles. The standard InChI is InChI=1S/C9H15F4NO2/c1-2-5-16-6-3-4-14-8(15)9(12,13)7(10)11/h7H,2-6H2,1H3,(H,14,15). The lowest BCUT2D eigenvalue weighted by Crippen LogP contribution is -2.45. The highest BCUT2D eigenvalue weighted by Gasteiger charge is 2.48. The number of hydrogen-bond acceptors (Lipinski definition) is 2. The summed E-state index contributed by atoms with van der Waals surface area (Å²) in [4.78, 5) is 10.6. The fraction of sp³-hybridized carbons (Fsp3) is 0.889. The molecule has 16 heavy (non-hydrogen) atoms. The minimum Gasteiger partial charge on any atom is -0.381 e. The number of carbonyl (C=O) groups is 1. The molecule has 0 rings (SSSR count). The summed E-state index contributed by atoms with van der Waals surface area (Å²) in [6, 6.07) is 0. The maximum Gasteiger partial charge on any atom is 0.383 e. The van der Waals surface area contributed by atoms with E-state index < -0.39 is 18.3 Å². The van der Waals surface area contributed by atoms with E-state index >= 15 is 0 Å². The number of alkyl halides is 4. The molecular weight excluding hydrogens is 230 g/mol. The second-order valence-electron chi connectivity index (χ2n) is 3.15. The molecule has 96 valence electrons. The van der Waals surface area contributed by atoms with Crippen molar-refractivity contribution in [3.63, 3.8) is 0 Å². The van der Waals surface area contributed by atoms with Gasteiger partial charge >= 0.3 is 12.3 Å². The predicted octanol–water partition coefficient (Wildman–Crippen LogP) is 1.82. The lowest BCUT2D eigenvalue weighted by molar-refractivity contribution is -0.169. The van der Waals surface area contributed by atoms with Gasteiger partial charge in [0.25, 0.3) is 5.91 Å². The smallest absolute Gasteiger partial charge is 0.381 e. The Hall–Kier alpha value is -0.850. The lowest BCUT2D eigenvalue weighted by atomic mass is 10.3. The quantitative estimate of drug-likeness (QED) is 0.523. The van der Waals surface area contributed by atoms with Gasteiger partial charge < -0.3 is 10.1 Å². The van der Waals surface area contributed by atoms with E-state index in [1.807, 2.05) is 6.92 Å². The predicted molar refractivity (Wildman–Crippen MR) is 49.7 cm³/mol. The van der Waals surface area contributed by atoms with E-state index in [0.29, 0.717) is 19.6 Å². The van der Waals surface area contributed by atoms with E-state index in [4.69, 9.17) is 4.74 Å². The van der Waals surface area contributed by atoms with Gasteiger partial charge in [0.1, 0.15) is 0 Å². The number of nitrogens with one attached hydrogen (secondary N) is 1. The summed E-state index contributed by atoms with van der Waals surface area (Å²) < 4.78 is 53.2. The molecule has 0 unspecified atom stereocenters. The minimum atomic E-state index is -4.62. The number of rotatable bonds is 8. The van der Waals surface area contributed by atoms with Gasteiger partial charge in [-0.2, -0.15) is 8.78 Å². The molecule has 0 aliphatic heterocycles. The molecule has 1 N–H and O–H groups in total. The van der Waals surface area contributed by atoms with Gasteiger partial charge in [0.15, 0.2) is 0 Å². The third-order valence-corrected chi connectivity index (χ3v) is 1.68. The van der Waals surface area contributed by atoms with E-state index in [-0.39, 0.29) is 6.54 Å². The zero-order valence-corrected chi connectivity index (χ0v) is 8.94. The van der Waals surface area contributed by atoms with Crippen molar-refractivity contribution < 1.29 is 27.1 Å². The van der Waals surface area contributed by atoms with E-state index in [0.717, 1.165) is 6.42 Å². The van der Waals surface area contributed by atoms with Crippen LogP contribution in [0, 0.1) is 0 Å². The van der Waals surface area contributed by atoms with E-state index in [9.17, 15) is 22.4 Å². The Morgan fingerprint density at radius 2 is 2.00 bits per heavy atom. The van der Waals surface area contributed by atoms with Gasteiger partial charge in [-0.25, -0.2) is 8.78 Å². The van der Waals surface area contributed by atoms with Crippen LogP contribution in [0.1, 0.15) is 19.8 Å².